The Hall–Kier alpha value is -4.57. The Balaban J connectivity index is 1.51. The van der Waals surface area contributed by atoms with Crippen LogP contribution in [-0.2, 0) is 0 Å². The smallest absolute Gasteiger partial charge is 0.173 e. The van der Waals surface area contributed by atoms with E-state index in [1.54, 1.807) is 23.7 Å². The van der Waals surface area contributed by atoms with Crippen LogP contribution in [0.25, 0.3) is 17.1 Å². The van der Waals surface area contributed by atoms with E-state index in [4.69, 9.17) is 10.8 Å². The van der Waals surface area contributed by atoms with E-state index in [0.29, 0.717) is 18.3 Å². The molecule has 10 nitrogen and oxygen atoms in total. The van der Waals surface area contributed by atoms with Gasteiger partial charge in [0.15, 0.2) is 17.5 Å². The summed E-state index contributed by atoms with van der Waals surface area (Å²) in [5, 5.41) is 18.9. The lowest BCUT2D eigenvalue weighted by Gasteiger charge is -2.47. The van der Waals surface area contributed by atoms with Crippen molar-refractivity contribution >= 4 is 23.6 Å². The topological polar surface area (TPSA) is 104 Å². The molecule has 6 rings (SSSR count). The number of para-hydroxylation sites is 1. The Morgan fingerprint density at radius 1 is 0.973 bits per heavy atom. The highest BCUT2D eigenvalue weighted by Gasteiger charge is 2.40. The van der Waals surface area contributed by atoms with Gasteiger partial charge in [-0.25, -0.2) is 15.8 Å². The number of aromatic nitrogens is 4. The molecule has 37 heavy (non-hydrogen) atoms. The number of aryl methyl sites for hydroxylation is 1. The molecule has 0 aromatic heterocycles. The highest BCUT2D eigenvalue weighted by molar-refractivity contribution is 6.19. The normalized spacial score (nSPS) is 15.4. The van der Waals surface area contributed by atoms with E-state index >= 15 is 0 Å². The fourth-order valence-corrected chi connectivity index (χ4v) is 4.64. The predicted molar refractivity (Wildman–Crippen MR) is 146 cm³/mol. The molecule has 0 bridgehead atoms. The first-order valence-corrected chi connectivity index (χ1v) is 12.1. The summed E-state index contributed by atoms with van der Waals surface area (Å²) in [7, 11) is 0. The molecule has 0 saturated carbocycles. The zero-order valence-electron chi connectivity index (χ0n) is 21.2. The van der Waals surface area contributed by atoms with E-state index < -0.39 is 0 Å². The predicted octanol–water partition coefficient (Wildman–Crippen LogP) is 3.94. The summed E-state index contributed by atoms with van der Waals surface area (Å²) in [6.45, 7) is 9.10. The summed E-state index contributed by atoms with van der Waals surface area (Å²) in [5.74, 6) is 9.64. The molecule has 0 radical (unpaired) electrons. The lowest BCUT2D eigenvalue weighted by Crippen LogP contribution is -2.58. The Kier molecular flexibility index (Phi) is 5.27. The lowest BCUT2D eigenvalue weighted by molar-refractivity contribution is 0.235. The second-order valence-electron chi connectivity index (χ2n) is 10.1. The van der Waals surface area contributed by atoms with Gasteiger partial charge < -0.3 is 9.80 Å². The summed E-state index contributed by atoms with van der Waals surface area (Å²) in [4.78, 5) is 9.18. The Bertz CT molecular complexity index is 1510. The van der Waals surface area contributed by atoms with Gasteiger partial charge in [0.2, 0.25) is 0 Å². The number of nitrogens with two attached hydrogens (primary N) is 1. The van der Waals surface area contributed by atoms with Gasteiger partial charge in [0.05, 0.1) is 30.2 Å². The van der Waals surface area contributed by atoms with E-state index in [1.807, 2.05) is 34.9 Å². The average Bonchev–Trinajstić information content (AvgIpc) is 3.57. The van der Waals surface area contributed by atoms with Gasteiger partial charge in [0.25, 0.3) is 0 Å². The van der Waals surface area contributed by atoms with Crippen LogP contribution in [-0.4, -0.2) is 48.9 Å². The summed E-state index contributed by atoms with van der Waals surface area (Å²) in [6, 6.07) is 18.3. The van der Waals surface area contributed by atoms with Crippen LogP contribution in [0.4, 0.5) is 11.5 Å². The first kappa shape index (κ1) is 22.9. The first-order valence-electron chi connectivity index (χ1n) is 12.1. The summed E-state index contributed by atoms with van der Waals surface area (Å²) in [5.41, 5.74) is 4.49. The lowest BCUT2D eigenvalue weighted by atomic mass is 10.0. The molecule has 2 aromatic rings. The zero-order chi connectivity index (χ0) is 25.7. The van der Waals surface area contributed by atoms with Crippen LogP contribution >= 0.6 is 0 Å². The maximum absolute atomic E-state index is 6.92. The third kappa shape index (κ3) is 3.82. The van der Waals surface area contributed by atoms with Crippen molar-refractivity contribution in [3.05, 3.63) is 84.1 Å². The molecule has 0 spiro atoms. The van der Waals surface area contributed by atoms with Crippen LogP contribution in [0, 0.1) is 6.92 Å². The van der Waals surface area contributed by atoms with Gasteiger partial charge in [0.1, 0.15) is 12.1 Å². The number of fused-ring (bicyclic) bond motifs is 2. The first-order chi connectivity index (χ1) is 17.8. The Labute approximate surface area is 215 Å². The average molecular weight is 493 g/mol. The van der Waals surface area contributed by atoms with Crippen molar-refractivity contribution in [3.63, 3.8) is 0 Å². The van der Waals surface area contributed by atoms with E-state index in [-0.39, 0.29) is 5.54 Å². The molecular weight excluding hydrogens is 464 g/mol. The summed E-state index contributed by atoms with van der Waals surface area (Å²) < 4.78 is 1.90. The molecular formula is C27H28N10. The quantitative estimate of drug-likeness (QED) is 0.340. The molecule has 0 atom stereocenters. The van der Waals surface area contributed by atoms with Crippen molar-refractivity contribution in [1.82, 2.24) is 24.6 Å². The number of hydrogen-bond acceptors (Lipinski definition) is 9. The largest absolute Gasteiger partial charge is 0.331 e. The minimum atomic E-state index is -0.190. The standard InChI is InChI=1S/C27H28N10/c1-18-10-12-20(13-11-18)35-17-36(27(2,3)4)25-22(15-31-33-25)26(35)37(28)23-21-14-30-32-24(21)34(16-29-23)19-8-6-5-7-9-19/h5-16H,17,28H2,1-4H3. The van der Waals surface area contributed by atoms with Gasteiger partial charge in [-0.2, -0.15) is 10.2 Å². The SMILES string of the molecule is Cc1ccc(N2CN(C(C)(C)C)C3=NN=CC3=C2N(N)c2ncn(-c3ccccc3)c3nncc2-3)cc1. The van der Waals surface area contributed by atoms with Gasteiger partial charge in [-0.3, -0.25) is 4.57 Å². The van der Waals surface area contributed by atoms with Crippen LogP contribution in [0.1, 0.15) is 26.3 Å². The second kappa shape index (κ2) is 8.52. The molecule has 0 aliphatic carbocycles. The molecule has 0 fully saturated rings. The van der Waals surface area contributed by atoms with Crippen LogP contribution in [0.2, 0.25) is 0 Å². The third-order valence-electron chi connectivity index (χ3n) is 6.61. The molecule has 10 heteroatoms. The van der Waals surface area contributed by atoms with Gasteiger partial charge in [-0.05, 0) is 52.0 Å². The fourth-order valence-electron chi connectivity index (χ4n) is 4.64. The molecule has 0 amide bonds. The van der Waals surface area contributed by atoms with Crippen LogP contribution in [0.3, 0.4) is 0 Å². The van der Waals surface area contributed by atoms with Crippen molar-refractivity contribution in [2.45, 2.75) is 33.2 Å². The van der Waals surface area contributed by atoms with Gasteiger partial charge in [-0.1, -0.05) is 35.9 Å². The molecule has 0 unspecified atom stereocenters. The van der Waals surface area contributed by atoms with Crippen molar-refractivity contribution in [1.29, 1.82) is 0 Å². The number of anilines is 2. The molecule has 2 N–H and O–H groups in total. The highest BCUT2D eigenvalue weighted by Crippen LogP contribution is 2.37. The third-order valence-corrected chi connectivity index (χ3v) is 6.61. The number of rotatable bonds is 4. The van der Waals surface area contributed by atoms with Crippen LogP contribution in [0.15, 0.2) is 88.7 Å². The summed E-state index contributed by atoms with van der Waals surface area (Å²) in [6.07, 6.45) is 5.18. The van der Waals surface area contributed by atoms with E-state index in [2.05, 4.69) is 82.2 Å². The van der Waals surface area contributed by atoms with Crippen molar-refractivity contribution < 1.29 is 0 Å². The minimum absolute atomic E-state index is 0.190. The molecule has 0 saturated heterocycles. The van der Waals surface area contributed by atoms with Crippen LogP contribution in [0.5, 0.6) is 0 Å². The molecule has 2 aromatic carbocycles. The van der Waals surface area contributed by atoms with Gasteiger partial charge in [0, 0.05) is 16.9 Å². The van der Waals surface area contributed by atoms with E-state index in [1.165, 1.54) is 5.56 Å². The van der Waals surface area contributed by atoms with Gasteiger partial charge in [-0.15, -0.1) is 10.2 Å². The zero-order valence-corrected chi connectivity index (χ0v) is 21.2. The number of nitrogens with zero attached hydrogens (tertiary/aromatic N) is 9. The maximum atomic E-state index is 6.92. The number of amidine groups is 1. The summed E-state index contributed by atoms with van der Waals surface area (Å²) >= 11 is 0. The van der Waals surface area contributed by atoms with E-state index in [9.17, 15) is 0 Å². The molecule has 186 valence electrons. The number of benzene rings is 2. The maximum Gasteiger partial charge on any atom is 0.173 e. The fraction of sp³-hybridized carbons (Fsp3) is 0.222. The van der Waals surface area contributed by atoms with Crippen molar-refractivity contribution in [2.24, 2.45) is 16.0 Å². The van der Waals surface area contributed by atoms with Gasteiger partial charge >= 0.3 is 0 Å². The number of hydrazine groups is 1. The molecule has 4 aliphatic heterocycles. The monoisotopic (exact) mass is 492 g/mol. The minimum Gasteiger partial charge on any atom is -0.331 e. The Morgan fingerprint density at radius 2 is 1.73 bits per heavy atom. The molecule has 4 heterocycles. The second-order valence-corrected chi connectivity index (χ2v) is 10.1. The van der Waals surface area contributed by atoms with Crippen molar-refractivity contribution in [3.8, 4) is 17.1 Å². The van der Waals surface area contributed by atoms with Crippen LogP contribution < -0.4 is 15.8 Å². The molecule has 4 aliphatic rings. The van der Waals surface area contributed by atoms with E-state index in [0.717, 1.165) is 34.2 Å². The highest BCUT2D eigenvalue weighted by atomic mass is 15.6. The Morgan fingerprint density at radius 3 is 2.46 bits per heavy atom. The van der Waals surface area contributed by atoms with Crippen molar-refractivity contribution in [2.75, 3.05) is 16.6 Å². The number of hydrogen-bond donors (Lipinski definition) is 1.